The molecule has 1 aromatic carbocycles. The quantitative estimate of drug-likeness (QED) is 0.784. The van der Waals surface area contributed by atoms with Crippen LogP contribution in [0.1, 0.15) is 26.3 Å². The molecule has 0 aliphatic carbocycles. The molecule has 0 radical (unpaired) electrons. The van der Waals surface area contributed by atoms with Gasteiger partial charge in [-0.1, -0.05) is 50.7 Å². The minimum Gasteiger partial charge on any atom is -0.389 e. The average Bonchev–Trinajstić information content (AvgIpc) is 2.35. The van der Waals surface area contributed by atoms with E-state index >= 15 is 0 Å². The summed E-state index contributed by atoms with van der Waals surface area (Å²) in [5, 5.41) is 0.148. The summed E-state index contributed by atoms with van der Waals surface area (Å²) in [7, 11) is -3.67. The molecule has 0 saturated heterocycles. The van der Waals surface area contributed by atoms with E-state index in [0.717, 1.165) is 0 Å². The van der Waals surface area contributed by atoms with Gasteiger partial charge in [0.05, 0.1) is 5.02 Å². The highest BCUT2D eigenvalue weighted by atomic mass is 35.5. The average molecular weight is 335 g/mol. The molecule has 1 atom stereocenters. The van der Waals surface area contributed by atoms with Crippen molar-refractivity contribution in [3.8, 4) is 0 Å². The van der Waals surface area contributed by atoms with E-state index in [4.69, 9.17) is 29.6 Å². The number of hydrogen-bond donors (Lipinski definition) is 2. The van der Waals surface area contributed by atoms with Gasteiger partial charge in [-0.25, -0.2) is 13.1 Å². The van der Waals surface area contributed by atoms with Gasteiger partial charge >= 0.3 is 0 Å². The Morgan fingerprint density at radius 2 is 2.00 bits per heavy atom. The Balaban J connectivity index is 3.03. The van der Waals surface area contributed by atoms with E-state index in [1.165, 1.54) is 12.1 Å². The van der Waals surface area contributed by atoms with Gasteiger partial charge < -0.3 is 5.73 Å². The van der Waals surface area contributed by atoms with Gasteiger partial charge in [-0.2, -0.15) is 0 Å². The minimum absolute atomic E-state index is 0.000391. The molecule has 112 valence electrons. The Hall–Kier alpha value is -0.690. The smallest absolute Gasteiger partial charge is 0.242 e. The number of hydrogen-bond acceptors (Lipinski definition) is 3. The lowest BCUT2D eigenvalue weighted by Crippen LogP contribution is -2.30. The van der Waals surface area contributed by atoms with Gasteiger partial charge in [0.15, 0.2) is 0 Å². The second-order valence-corrected chi connectivity index (χ2v) is 7.67. The second kappa shape index (κ2) is 6.85. The standard InChI is InChI=1S/C13H19ClN2O2S2/c1-8(2)9(3)7-16-20(17,18)12-6-10(13(15)19)4-5-11(12)14/h4-6,8-9,16H,7H2,1-3H3,(H2,15,19). The van der Waals surface area contributed by atoms with Gasteiger partial charge in [0.1, 0.15) is 9.88 Å². The molecule has 4 nitrogen and oxygen atoms in total. The Kier molecular flexibility index (Phi) is 5.94. The molecule has 0 fully saturated rings. The summed E-state index contributed by atoms with van der Waals surface area (Å²) in [6.07, 6.45) is 0. The maximum Gasteiger partial charge on any atom is 0.242 e. The number of benzene rings is 1. The van der Waals surface area contributed by atoms with Crippen LogP contribution in [-0.2, 0) is 10.0 Å². The predicted molar refractivity (Wildman–Crippen MR) is 86.5 cm³/mol. The van der Waals surface area contributed by atoms with Crippen LogP contribution < -0.4 is 10.5 Å². The van der Waals surface area contributed by atoms with Crippen LogP contribution in [0.2, 0.25) is 5.02 Å². The van der Waals surface area contributed by atoms with Crippen molar-refractivity contribution in [3.63, 3.8) is 0 Å². The zero-order valence-corrected chi connectivity index (χ0v) is 14.1. The van der Waals surface area contributed by atoms with Gasteiger partial charge in [-0.15, -0.1) is 0 Å². The van der Waals surface area contributed by atoms with Crippen LogP contribution in [0.5, 0.6) is 0 Å². The summed E-state index contributed by atoms with van der Waals surface area (Å²) in [4.78, 5) is 0.133. The number of nitrogens with two attached hydrogens (primary N) is 1. The summed E-state index contributed by atoms with van der Waals surface area (Å²) >= 11 is 10.8. The Morgan fingerprint density at radius 1 is 1.40 bits per heavy atom. The molecular weight excluding hydrogens is 316 g/mol. The first-order valence-corrected chi connectivity index (χ1v) is 8.51. The maximum absolute atomic E-state index is 12.3. The van der Waals surface area contributed by atoms with Crippen molar-refractivity contribution >= 4 is 38.8 Å². The largest absolute Gasteiger partial charge is 0.389 e. The zero-order chi connectivity index (χ0) is 15.5. The molecule has 0 heterocycles. The highest BCUT2D eigenvalue weighted by molar-refractivity contribution is 7.89. The van der Waals surface area contributed by atoms with Crippen molar-refractivity contribution in [2.24, 2.45) is 17.6 Å². The normalized spacial score (nSPS) is 13.4. The molecule has 7 heteroatoms. The molecule has 0 spiro atoms. The molecule has 1 rings (SSSR count). The SMILES string of the molecule is CC(C)C(C)CNS(=O)(=O)c1cc(C(N)=S)ccc1Cl. The van der Waals surface area contributed by atoms with Gasteiger partial charge in [-0.05, 0) is 24.0 Å². The number of rotatable bonds is 6. The van der Waals surface area contributed by atoms with Crippen LogP contribution in [-0.4, -0.2) is 20.0 Å². The maximum atomic E-state index is 12.3. The van der Waals surface area contributed by atoms with Crippen LogP contribution in [0, 0.1) is 11.8 Å². The van der Waals surface area contributed by atoms with E-state index in [2.05, 4.69) is 4.72 Å². The van der Waals surface area contributed by atoms with Gasteiger partial charge in [0.2, 0.25) is 10.0 Å². The van der Waals surface area contributed by atoms with Crippen molar-refractivity contribution in [1.29, 1.82) is 0 Å². The fraction of sp³-hybridized carbons (Fsp3) is 0.462. The topological polar surface area (TPSA) is 72.2 Å². The third-order valence-corrected chi connectivity index (χ3v) is 5.38. The van der Waals surface area contributed by atoms with E-state index in [1.54, 1.807) is 6.07 Å². The third kappa shape index (κ3) is 4.41. The molecule has 0 aliphatic heterocycles. The number of thiocarbonyl (C=S) groups is 1. The molecule has 0 amide bonds. The molecule has 3 N–H and O–H groups in total. The second-order valence-electron chi connectivity index (χ2n) is 5.08. The van der Waals surface area contributed by atoms with Crippen LogP contribution in [0.4, 0.5) is 0 Å². The fourth-order valence-corrected chi connectivity index (χ4v) is 3.21. The lowest BCUT2D eigenvalue weighted by atomic mass is 9.99. The van der Waals surface area contributed by atoms with Crippen LogP contribution in [0.25, 0.3) is 0 Å². The van der Waals surface area contributed by atoms with E-state index < -0.39 is 10.0 Å². The molecule has 1 unspecified atom stereocenters. The van der Waals surface area contributed by atoms with Crippen molar-refractivity contribution < 1.29 is 8.42 Å². The first-order chi connectivity index (χ1) is 9.15. The lowest BCUT2D eigenvalue weighted by Gasteiger charge is -2.17. The van der Waals surface area contributed by atoms with Crippen molar-refractivity contribution in [2.45, 2.75) is 25.7 Å². The van der Waals surface area contributed by atoms with Crippen molar-refractivity contribution in [3.05, 3.63) is 28.8 Å². The van der Waals surface area contributed by atoms with Crippen LogP contribution >= 0.6 is 23.8 Å². The first kappa shape index (κ1) is 17.4. The summed E-state index contributed by atoms with van der Waals surface area (Å²) in [5.41, 5.74) is 5.98. The van der Waals surface area contributed by atoms with E-state index in [0.29, 0.717) is 18.0 Å². The Morgan fingerprint density at radius 3 is 2.50 bits per heavy atom. The van der Waals surface area contributed by atoms with E-state index in [-0.39, 0.29) is 20.8 Å². The molecule has 0 saturated carbocycles. The van der Waals surface area contributed by atoms with E-state index in [1.807, 2.05) is 20.8 Å². The minimum atomic E-state index is -3.67. The van der Waals surface area contributed by atoms with Gasteiger partial charge in [-0.3, -0.25) is 0 Å². The molecule has 1 aromatic rings. The predicted octanol–water partition coefficient (Wildman–Crippen LogP) is 2.54. The van der Waals surface area contributed by atoms with Gasteiger partial charge in [0.25, 0.3) is 0 Å². The number of sulfonamides is 1. The number of nitrogens with one attached hydrogen (secondary N) is 1. The zero-order valence-electron chi connectivity index (χ0n) is 11.7. The van der Waals surface area contributed by atoms with Crippen LogP contribution in [0.15, 0.2) is 23.1 Å². The molecular formula is C13H19ClN2O2S2. The third-order valence-electron chi connectivity index (χ3n) is 3.24. The lowest BCUT2D eigenvalue weighted by molar-refractivity contribution is 0.414. The summed E-state index contributed by atoms with van der Waals surface area (Å²) in [6, 6.07) is 4.48. The molecule has 0 aliphatic rings. The summed E-state index contributed by atoms with van der Waals surface area (Å²) < 4.78 is 27.1. The molecule has 0 aromatic heterocycles. The highest BCUT2D eigenvalue weighted by Crippen LogP contribution is 2.23. The van der Waals surface area contributed by atoms with E-state index in [9.17, 15) is 8.42 Å². The fourth-order valence-electron chi connectivity index (χ4n) is 1.42. The Labute approximate surface area is 130 Å². The summed E-state index contributed by atoms with van der Waals surface area (Å²) in [5.74, 6) is 0.610. The van der Waals surface area contributed by atoms with Crippen molar-refractivity contribution in [1.82, 2.24) is 4.72 Å². The molecule has 0 bridgehead atoms. The number of halogens is 1. The van der Waals surface area contributed by atoms with Crippen LogP contribution in [0.3, 0.4) is 0 Å². The van der Waals surface area contributed by atoms with Crippen molar-refractivity contribution in [2.75, 3.05) is 6.54 Å². The first-order valence-electron chi connectivity index (χ1n) is 6.24. The summed E-state index contributed by atoms with van der Waals surface area (Å²) in [6.45, 7) is 6.42. The Bertz CT molecular complexity index is 600. The van der Waals surface area contributed by atoms with Gasteiger partial charge in [0, 0.05) is 12.1 Å². The monoisotopic (exact) mass is 334 g/mol. The molecule has 20 heavy (non-hydrogen) atoms. The highest BCUT2D eigenvalue weighted by Gasteiger charge is 2.20.